The van der Waals surface area contributed by atoms with E-state index in [2.05, 4.69) is 35.4 Å². The maximum absolute atomic E-state index is 4.30. The maximum Gasteiger partial charge on any atom is 0.142 e. The minimum Gasteiger partial charge on any atom is -0.353 e. The summed E-state index contributed by atoms with van der Waals surface area (Å²) in [6.45, 7) is 0.771. The van der Waals surface area contributed by atoms with Crippen molar-refractivity contribution in [3.8, 4) is 0 Å². The molecule has 0 N–H and O–H groups in total. The highest BCUT2D eigenvalue weighted by Crippen LogP contribution is 2.23. The number of anilines is 1. The zero-order valence-corrected chi connectivity index (χ0v) is 10.5. The molecule has 0 aromatic carbocycles. The van der Waals surface area contributed by atoms with Gasteiger partial charge in [0.15, 0.2) is 0 Å². The number of hydrogen-bond donors (Lipinski definition) is 0. The molecule has 15 heavy (non-hydrogen) atoms. The summed E-state index contributed by atoms with van der Waals surface area (Å²) >= 11 is 4.87. The van der Waals surface area contributed by atoms with Gasteiger partial charge in [0.05, 0.1) is 22.1 Å². The van der Waals surface area contributed by atoms with Gasteiger partial charge in [-0.05, 0) is 39.6 Å². The Morgan fingerprint density at radius 3 is 3.07 bits per heavy atom. The van der Waals surface area contributed by atoms with Crippen molar-refractivity contribution in [1.82, 2.24) is 14.6 Å². The van der Waals surface area contributed by atoms with Gasteiger partial charge in [0.2, 0.25) is 0 Å². The Kier molecular flexibility index (Phi) is 3.27. The van der Waals surface area contributed by atoms with Crippen LogP contribution in [-0.2, 0) is 6.54 Å². The zero-order valence-electron chi connectivity index (χ0n) is 8.09. The first-order valence-electron chi connectivity index (χ1n) is 4.35. The second-order valence-corrected chi connectivity index (χ2v) is 4.77. The number of rotatable bonds is 3. The monoisotopic (exact) mass is 284 g/mol. The topological polar surface area (TPSA) is 41.9 Å². The molecule has 0 unspecified atom stereocenters. The van der Waals surface area contributed by atoms with Gasteiger partial charge in [0.25, 0.3) is 0 Å². The molecule has 2 rings (SSSR count). The maximum atomic E-state index is 4.30. The molecule has 0 bridgehead atoms. The molecule has 0 amide bonds. The molecule has 2 heterocycles. The van der Waals surface area contributed by atoms with Gasteiger partial charge in [0, 0.05) is 13.2 Å². The molecule has 0 saturated heterocycles. The minimum absolute atomic E-state index is 0.771. The normalized spacial score (nSPS) is 10.3. The van der Waals surface area contributed by atoms with Gasteiger partial charge in [-0.1, -0.05) is 4.49 Å². The highest BCUT2D eigenvalue weighted by molar-refractivity contribution is 9.10. The molecule has 0 aliphatic carbocycles. The first kappa shape index (κ1) is 10.5. The van der Waals surface area contributed by atoms with Gasteiger partial charge in [-0.2, -0.15) is 0 Å². The van der Waals surface area contributed by atoms with Gasteiger partial charge < -0.3 is 4.90 Å². The van der Waals surface area contributed by atoms with Gasteiger partial charge in [-0.15, -0.1) is 5.10 Å². The fourth-order valence-corrected chi connectivity index (χ4v) is 2.33. The zero-order chi connectivity index (χ0) is 10.7. The van der Waals surface area contributed by atoms with Crippen molar-refractivity contribution in [3.63, 3.8) is 0 Å². The van der Waals surface area contributed by atoms with Crippen LogP contribution in [0.3, 0.4) is 0 Å². The molecule has 0 atom stereocenters. The second kappa shape index (κ2) is 4.67. The van der Waals surface area contributed by atoms with E-state index >= 15 is 0 Å². The second-order valence-electron chi connectivity index (χ2n) is 3.05. The summed E-state index contributed by atoms with van der Waals surface area (Å²) in [4.78, 5) is 7.48. The Bertz CT molecular complexity index is 431. The molecular weight excluding hydrogens is 276 g/mol. The van der Waals surface area contributed by atoms with Crippen LogP contribution in [0.1, 0.15) is 4.88 Å². The fraction of sp³-hybridized carbons (Fsp3) is 0.222. The van der Waals surface area contributed by atoms with E-state index in [1.807, 2.05) is 19.2 Å². The molecule has 6 heteroatoms. The summed E-state index contributed by atoms with van der Waals surface area (Å²) in [6, 6.07) is 3.87. The van der Waals surface area contributed by atoms with Crippen molar-refractivity contribution >= 4 is 33.3 Å². The van der Waals surface area contributed by atoms with E-state index in [-0.39, 0.29) is 0 Å². The summed E-state index contributed by atoms with van der Waals surface area (Å²) < 4.78 is 4.81. The third-order valence-electron chi connectivity index (χ3n) is 1.90. The van der Waals surface area contributed by atoms with Crippen LogP contribution >= 0.6 is 27.5 Å². The molecule has 2 aromatic heterocycles. The van der Waals surface area contributed by atoms with E-state index in [1.165, 1.54) is 11.5 Å². The smallest absolute Gasteiger partial charge is 0.142 e. The highest BCUT2D eigenvalue weighted by atomic mass is 79.9. The minimum atomic E-state index is 0.771. The van der Waals surface area contributed by atoms with Crippen molar-refractivity contribution < 1.29 is 0 Å². The van der Waals surface area contributed by atoms with Crippen LogP contribution in [0, 0.1) is 0 Å². The van der Waals surface area contributed by atoms with Crippen molar-refractivity contribution in [2.24, 2.45) is 0 Å². The van der Waals surface area contributed by atoms with E-state index in [0.29, 0.717) is 0 Å². The molecule has 0 spiro atoms. The third-order valence-corrected chi connectivity index (χ3v) is 3.16. The van der Waals surface area contributed by atoms with Crippen molar-refractivity contribution in [1.29, 1.82) is 0 Å². The van der Waals surface area contributed by atoms with Crippen LogP contribution in [0.15, 0.2) is 29.0 Å². The molecule has 4 nitrogen and oxygen atoms in total. The predicted octanol–water partition coefficient (Wildman–Crippen LogP) is 2.33. The quantitative estimate of drug-likeness (QED) is 0.868. The lowest BCUT2D eigenvalue weighted by molar-refractivity contribution is 0.905. The van der Waals surface area contributed by atoms with Crippen molar-refractivity contribution in [2.75, 3.05) is 11.9 Å². The van der Waals surface area contributed by atoms with Gasteiger partial charge in [0.1, 0.15) is 5.82 Å². The van der Waals surface area contributed by atoms with Crippen LogP contribution in [0.5, 0.6) is 0 Å². The molecule has 0 aliphatic rings. The molecule has 0 fully saturated rings. The molecule has 0 saturated carbocycles. The molecular formula is C9H9BrN4S. The summed E-state index contributed by atoms with van der Waals surface area (Å²) in [5, 5.41) is 3.80. The number of pyridine rings is 1. The fourth-order valence-electron chi connectivity index (χ4n) is 1.22. The van der Waals surface area contributed by atoms with E-state index in [4.69, 9.17) is 0 Å². The van der Waals surface area contributed by atoms with Crippen molar-refractivity contribution in [3.05, 3.63) is 33.9 Å². The Balaban J connectivity index is 2.15. The standard InChI is InChI=1S/C9H9BrN4S/c1-14(6-7-5-12-13-15-7)9-8(10)3-2-4-11-9/h2-5H,6H2,1H3. The van der Waals surface area contributed by atoms with Crippen LogP contribution in [0.4, 0.5) is 5.82 Å². The summed E-state index contributed by atoms with van der Waals surface area (Å²) in [5.74, 6) is 0.922. The third kappa shape index (κ3) is 2.51. The van der Waals surface area contributed by atoms with Crippen LogP contribution < -0.4 is 4.90 Å². The molecule has 2 aromatic rings. The first-order chi connectivity index (χ1) is 7.27. The first-order valence-corrected chi connectivity index (χ1v) is 5.92. The molecule has 78 valence electrons. The van der Waals surface area contributed by atoms with E-state index in [9.17, 15) is 0 Å². The lowest BCUT2D eigenvalue weighted by atomic mass is 10.4. The van der Waals surface area contributed by atoms with Crippen molar-refractivity contribution in [2.45, 2.75) is 6.54 Å². The van der Waals surface area contributed by atoms with Crippen LogP contribution in [0.25, 0.3) is 0 Å². The largest absolute Gasteiger partial charge is 0.353 e. The number of aromatic nitrogens is 3. The number of hydrogen-bond acceptors (Lipinski definition) is 5. The lowest BCUT2D eigenvalue weighted by Crippen LogP contribution is -2.17. The number of nitrogens with zero attached hydrogens (tertiary/aromatic N) is 4. The van der Waals surface area contributed by atoms with Gasteiger partial charge in [-0.25, -0.2) is 4.98 Å². The summed E-state index contributed by atoms with van der Waals surface area (Å²) in [7, 11) is 1.99. The van der Waals surface area contributed by atoms with Crippen LogP contribution in [-0.4, -0.2) is 21.6 Å². The predicted molar refractivity (Wildman–Crippen MR) is 64.0 cm³/mol. The van der Waals surface area contributed by atoms with E-state index < -0.39 is 0 Å². The summed E-state index contributed by atoms with van der Waals surface area (Å²) in [6.07, 6.45) is 3.56. The average molecular weight is 285 g/mol. The average Bonchev–Trinajstić information content (AvgIpc) is 2.71. The summed E-state index contributed by atoms with van der Waals surface area (Å²) in [5.41, 5.74) is 0. The Hall–Kier alpha value is -1.01. The lowest BCUT2D eigenvalue weighted by Gasteiger charge is -2.17. The van der Waals surface area contributed by atoms with E-state index in [1.54, 1.807) is 12.4 Å². The molecule has 0 radical (unpaired) electrons. The molecule has 0 aliphatic heterocycles. The Labute approximate surface area is 100 Å². The Morgan fingerprint density at radius 2 is 2.40 bits per heavy atom. The Morgan fingerprint density at radius 1 is 1.53 bits per heavy atom. The van der Waals surface area contributed by atoms with Gasteiger partial charge in [-0.3, -0.25) is 0 Å². The highest BCUT2D eigenvalue weighted by Gasteiger charge is 2.08. The van der Waals surface area contributed by atoms with Gasteiger partial charge >= 0.3 is 0 Å². The SMILES string of the molecule is CN(Cc1cnns1)c1ncccc1Br. The van der Waals surface area contributed by atoms with Crippen LogP contribution in [0.2, 0.25) is 0 Å². The van der Waals surface area contributed by atoms with E-state index in [0.717, 1.165) is 21.7 Å². The number of halogens is 1.